The van der Waals surface area contributed by atoms with E-state index in [4.69, 9.17) is 23.2 Å². The molecule has 1 heterocycles. The van der Waals surface area contributed by atoms with Crippen LogP contribution in [0.4, 0.5) is 3.89 Å². The van der Waals surface area contributed by atoms with Crippen molar-refractivity contribution in [2.24, 2.45) is 0 Å². The minimum atomic E-state index is -4.56. The third kappa shape index (κ3) is 3.89. The van der Waals surface area contributed by atoms with E-state index in [1.54, 1.807) is 0 Å². The lowest BCUT2D eigenvalue weighted by molar-refractivity contribution is 0.551. The maximum atomic E-state index is 12.2. The van der Waals surface area contributed by atoms with Gasteiger partial charge in [0.05, 0.1) is 0 Å². The number of hydrogen-bond donors (Lipinski definition) is 0. The van der Waals surface area contributed by atoms with Crippen molar-refractivity contribution in [2.45, 2.75) is 5.75 Å². The molecule has 0 amide bonds. The van der Waals surface area contributed by atoms with Crippen molar-refractivity contribution < 1.29 is 12.3 Å². The molecule has 13 heavy (non-hydrogen) atoms. The van der Waals surface area contributed by atoms with Gasteiger partial charge in [-0.05, 0) is 17.7 Å². The van der Waals surface area contributed by atoms with E-state index in [1.807, 2.05) is 0 Å². The summed E-state index contributed by atoms with van der Waals surface area (Å²) in [5.74, 6) is -0.741. The number of aromatic nitrogens is 1. The second kappa shape index (κ2) is 3.77. The van der Waals surface area contributed by atoms with Crippen LogP contribution in [0.2, 0.25) is 10.3 Å². The monoisotopic (exact) mass is 243 g/mol. The van der Waals surface area contributed by atoms with Crippen molar-refractivity contribution in [3.8, 4) is 0 Å². The van der Waals surface area contributed by atoms with Crippen LogP contribution in [0.15, 0.2) is 12.1 Å². The molecular formula is C6H4Cl2FNO2S. The Balaban J connectivity index is 3.03. The van der Waals surface area contributed by atoms with Gasteiger partial charge in [-0.1, -0.05) is 23.2 Å². The summed E-state index contributed by atoms with van der Waals surface area (Å²) in [5, 5.41) is 0.0669. The third-order valence-electron chi connectivity index (χ3n) is 1.16. The van der Waals surface area contributed by atoms with E-state index >= 15 is 0 Å². The molecule has 0 radical (unpaired) electrons. The molecular weight excluding hydrogens is 240 g/mol. The number of halogens is 3. The summed E-state index contributed by atoms with van der Waals surface area (Å²) in [6.45, 7) is 0. The van der Waals surface area contributed by atoms with Gasteiger partial charge in [0.25, 0.3) is 0 Å². The quantitative estimate of drug-likeness (QED) is 0.591. The molecule has 0 spiro atoms. The van der Waals surface area contributed by atoms with Crippen LogP contribution >= 0.6 is 23.2 Å². The lowest BCUT2D eigenvalue weighted by atomic mass is 10.3. The van der Waals surface area contributed by atoms with Crippen molar-refractivity contribution in [1.29, 1.82) is 0 Å². The molecule has 3 nitrogen and oxygen atoms in total. The number of hydrogen-bond acceptors (Lipinski definition) is 3. The van der Waals surface area contributed by atoms with E-state index in [9.17, 15) is 12.3 Å². The lowest BCUT2D eigenvalue weighted by Gasteiger charge is -1.98. The fraction of sp³-hybridized carbons (Fsp3) is 0.167. The largest absolute Gasteiger partial charge is 0.306 e. The van der Waals surface area contributed by atoms with Gasteiger partial charge >= 0.3 is 10.2 Å². The third-order valence-corrected chi connectivity index (χ3v) is 2.23. The molecule has 0 saturated heterocycles. The highest BCUT2D eigenvalue weighted by Crippen LogP contribution is 2.16. The van der Waals surface area contributed by atoms with Crippen LogP contribution in [0, 0.1) is 0 Å². The van der Waals surface area contributed by atoms with Crippen molar-refractivity contribution in [2.75, 3.05) is 0 Å². The molecule has 1 aromatic rings. The van der Waals surface area contributed by atoms with Gasteiger partial charge in [0, 0.05) is 0 Å². The molecule has 0 bridgehead atoms. The van der Waals surface area contributed by atoms with Crippen molar-refractivity contribution >= 4 is 33.4 Å². The van der Waals surface area contributed by atoms with E-state index in [1.165, 1.54) is 12.1 Å². The molecule has 0 aliphatic rings. The zero-order valence-corrected chi connectivity index (χ0v) is 8.50. The van der Waals surface area contributed by atoms with E-state index < -0.39 is 16.0 Å². The van der Waals surface area contributed by atoms with Crippen LogP contribution in [0.5, 0.6) is 0 Å². The Kier molecular flexibility index (Phi) is 3.10. The molecule has 1 rings (SSSR count). The minimum Gasteiger partial charge on any atom is -0.224 e. The Morgan fingerprint density at radius 3 is 2.15 bits per heavy atom. The molecule has 0 aromatic carbocycles. The van der Waals surface area contributed by atoms with Crippen molar-refractivity contribution in [3.05, 3.63) is 28.0 Å². The van der Waals surface area contributed by atoms with Crippen LogP contribution in [0.3, 0.4) is 0 Å². The van der Waals surface area contributed by atoms with Gasteiger partial charge in [-0.3, -0.25) is 0 Å². The maximum Gasteiger partial charge on any atom is 0.306 e. The Morgan fingerprint density at radius 2 is 1.77 bits per heavy atom. The summed E-state index contributed by atoms with van der Waals surface area (Å²) >= 11 is 10.9. The Labute approximate surface area is 84.7 Å². The van der Waals surface area contributed by atoms with Gasteiger partial charge in [-0.2, -0.15) is 8.42 Å². The van der Waals surface area contributed by atoms with Gasteiger partial charge in [-0.25, -0.2) is 4.98 Å². The van der Waals surface area contributed by atoms with Crippen LogP contribution < -0.4 is 0 Å². The number of pyridine rings is 1. The number of nitrogens with zero attached hydrogens (tertiary/aromatic N) is 1. The predicted molar refractivity (Wildman–Crippen MR) is 48.0 cm³/mol. The Hall–Kier alpha value is -0.390. The van der Waals surface area contributed by atoms with E-state index in [-0.39, 0.29) is 15.9 Å². The predicted octanol–water partition coefficient (Wildman–Crippen LogP) is 2.19. The molecule has 0 aliphatic carbocycles. The minimum absolute atomic E-state index is 0.0335. The molecule has 0 N–H and O–H groups in total. The zero-order valence-electron chi connectivity index (χ0n) is 6.17. The van der Waals surface area contributed by atoms with Crippen LogP contribution in [0.25, 0.3) is 0 Å². The summed E-state index contributed by atoms with van der Waals surface area (Å²) < 4.78 is 32.7. The van der Waals surface area contributed by atoms with Gasteiger partial charge in [-0.15, -0.1) is 3.89 Å². The molecule has 1 aromatic heterocycles. The first-order chi connectivity index (χ1) is 5.87. The smallest absolute Gasteiger partial charge is 0.224 e. The van der Waals surface area contributed by atoms with Crippen LogP contribution in [-0.2, 0) is 16.0 Å². The van der Waals surface area contributed by atoms with E-state index in [0.717, 1.165) is 0 Å². The first kappa shape index (κ1) is 10.7. The van der Waals surface area contributed by atoms with Gasteiger partial charge in [0.2, 0.25) is 0 Å². The average Bonchev–Trinajstić information content (AvgIpc) is 1.78. The summed E-state index contributed by atoms with van der Waals surface area (Å²) in [7, 11) is -4.56. The van der Waals surface area contributed by atoms with Gasteiger partial charge < -0.3 is 0 Å². The summed E-state index contributed by atoms with van der Waals surface area (Å²) in [5.41, 5.74) is 0.174. The topological polar surface area (TPSA) is 47.0 Å². The molecule has 0 aliphatic heterocycles. The maximum absolute atomic E-state index is 12.2. The Bertz CT molecular complexity index is 400. The Morgan fingerprint density at radius 1 is 1.31 bits per heavy atom. The molecule has 0 saturated carbocycles. The second-order valence-electron chi connectivity index (χ2n) is 2.30. The highest BCUT2D eigenvalue weighted by Gasteiger charge is 2.10. The molecule has 0 unspecified atom stereocenters. The average molecular weight is 244 g/mol. The standard InChI is InChI=1S/C6H4Cl2FNO2S/c7-5-1-4(2-6(8)10-5)3-13(9,11)12/h1-2H,3H2. The van der Waals surface area contributed by atoms with Crippen LogP contribution in [-0.4, -0.2) is 13.4 Å². The van der Waals surface area contributed by atoms with Crippen molar-refractivity contribution in [3.63, 3.8) is 0 Å². The highest BCUT2D eigenvalue weighted by atomic mass is 35.5. The fourth-order valence-corrected chi connectivity index (χ4v) is 1.87. The van der Waals surface area contributed by atoms with Gasteiger partial charge in [0.15, 0.2) is 0 Å². The molecule has 0 atom stereocenters. The summed E-state index contributed by atoms with van der Waals surface area (Å²) in [6.07, 6.45) is 0. The van der Waals surface area contributed by atoms with E-state index in [0.29, 0.717) is 0 Å². The van der Waals surface area contributed by atoms with Crippen molar-refractivity contribution in [1.82, 2.24) is 4.98 Å². The van der Waals surface area contributed by atoms with Crippen LogP contribution in [0.1, 0.15) is 5.56 Å². The molecule has 72 valence electrons. The lowest BCUT2D eigenvalue weighted by Crippen LogP contribution is -1.96. The summed E-state index contributed by atoms with van der Waals surface area (Å²) in [6, 6.07) is 2.48. The second-order valence-corrected chi connectivity index (χ2v) is 4.44. The fourth-order valence-electron chi connectivity index (χ4n) is 0.797. The molecule has 7 heteroatoms. The SMILES string of the molecule is O=S(=O)(F)Cc1cc(Cl)nc(Cl)c1. The molecule has 0 fully saturated rings. The zero-order chi connectivity index (χ0) is 10.1. The van der Waals surface area contributed by atoms with E-state index in [2.05, 4.69) is 4.98 Å². The number of rotatable bonds is 2. The van der Waals surface area contributed by atoms with Gasteiger partial charge in [0.1, 0.15) is 16.1 Å². The normalized spacial score (nSPS) is 11.6. The first-order valence-corrected chi connectivity index (χ1v) is 5.42. The summed E-state index contributed by atoms with van der Waals surface area (Å²) in [4.78, 5) is 3.58. The first-order valence-electron chi connectivity index (χ1n) is 3.11. The highest BCUT2D eigenvalue weighted by molar-refractivity contribution is 7.85.